The lowest BCUT2D eigenvalue weighted by molar-refractivity contribution is -0.117. The quantitative estimate of drug-likeness (QED) is 0.923. The van der Waals surface area contributed by atoms with Crippen molar-refractivity contribution in [3.8, 4) is 0 Å². The van der Waals surface area contributed by atoms with Crippen molar-refractivity contribution >= 4 is 22.5 Å². The van der Waals surface area contributed by atoms with E-state index in [2.05, 4.69) is 10.3 Å². The molecular formula is C18H20N2O. The average Bonchev–Trinajstić information content (AvgIpc) is 3.10. The van der Waals surface area contributed by atoms with Crippen molar-refractivity contribution < 1.29 is 4.79 Å². The van der Waals surface area contributed by atoms with Crippen LogP contribution in [0.4, 0.5) is 5.69 Å². The van der Waals surface area contributed by atoms with E-state index in [4.69, 9.17) is 0 Å². The number of fused-ring (bicyclic) bond motifs is 3. The number of hydrogen-bond acceptors (Lipinski definition) is 2. The Morgan fingerprint density at radius 3 is 2.90 bits per heavy atom. The smallest absolute Gasteiger partial charge is 0.224 e. The molecule has 2 saturated carbocycles. The highest BCUT2D eigenvalue weighted by molar-refractivity contribution is 6.00. The van der Waals surface area contributed by atoms with Crippen molar-refractivity contribution in [2.24, 2.45) is 17.8 Å². The summed E-state index contributed by atoms with van der Waals surface area (Å²) >= 11 is 0. The third kappa shape index (κ3) is 2.41. The lowest BCUT2D eigenvalue weighted by atomic mass is 9.86. The summed E-state index contributed by atoms with van der Waals surface area (Å²) in [5.74, 6) is 2.44. The van der Waals surface area contributed by atoms with Crippen molar-refractivity contribution in [1.29, 1.82) is 0 Å². The Bertz CT molecular complexity index is 676. The number of amides is 1. The van der Waals surface area contributed by atoms with E-state index in [1.165, 1.54) is 25.7 Å². The predicted octanol–water partition coefficient (Wildman–Crippen LogP) is 4.00. The van der Waals surface area contributed by atoms with Gasteiger partial charge in [-0.2, -0.15) is 0 Å². The number of para-hydroxylation sites is 1. The molecule has 2 aliphatic rings. The summed E-state index contributed by atoms with van der Waals surface area (Å²) in [6.07, 6.45) is 7.77. The average molecular weight is 280 g/mol. The number of aromatic nitrogens is 1. The number of carbonyl (C=O) groups excluding carboxylic acids is 1. The molecule has 1 aromatic carbocycles. The van der Waals surface area contributed by atoms with Gasteiger partial charge < -0.3 is 5.32 Å². The monoisotopic (exact) mass is 280 g/mol. The van der Waals surface area contributed by atoms with E-state index in [0.29, 0.717) is 12.3 Å². The number of benzene rings is 1. The minimum Gasteiger partial charge on any atom is -0.324 e. The molecule has 108 valence electrons. The van der Waals surface area contributed by atoms with Crippen LogP contribution >= 0.6 is 0 Å². The number of hydrogen-bond donors (Lipinski definition) is 1. The topological polar surface area (TPSA) is 42.0 Å². The van der Waals surface area contributed by atoms with E-state index in [1.54, 1.807) is 6.20 Å². The summed E-state index contributed by atoms with van der Waals surface area (Å²) in [6.45, 7) is 0. The number of carbonyl (C=O) groups is 1. The molecule has 1 heterocycles. The Hall–Kier alpha value is -1.90. The molecule has 2 aliphatic carbocycles. The first-order chi connectivity index (χ1) is 10.3. The van der Waals surface area contributed by atoms with Gasteiger partial charge in [0.05, 0.1) is 11.2 Å². The van der Waals surface area contributed by atoms with Gasteiger partial charge in [0.25, 0.3) is 0 Å². The van der Waals surface area contributed by atoms with Crippen LogP contribution in [0.15, 0.2) is 36.5 Å². The highest BCUT2D eigenvalue weighted by Gasteiger charge is 2.40. The molecule has 0 spiro atoms. The highest BCUT2D eigenvalue weighted by Crippen LogP contribution is 2.49. The fraction of sp³-hybridized carbons (Fsp3) is 0.444. The normalized spacial score (nSPS) is 27.1. The second kappa shape index (κ2) is 5.14. The first-order valence-corrected chi connectivity index (χ1v) is 7.93. The molecule has 4 rings (SSSR count). The molecule has 2 aromatic rings. The van der Waals surface area contributed by atoms with Crippen molar-refractivity contribution in [3.63, 3.8) is 0 Å². The lowest BCUT2D eigenvalue weighted by Gasteiger charge is -2.21. The second-order valence-corrected chi connectivity index (χ2v) is 6.57. The van der Waals surface area contributed by atoms with Gasteiger partial charge in [-0.05, 0) is 49.1 Å². The number of rotatable bonds is 3. The van der Waals surface area contributed by atoms with Crippen LogP contribution < -0.4 is 5.32 Å². The van der Waals surface area contributed by atoms with Crippen LogP contribution in [0.3, 0.4) is 0 Å². The first-order valence-electron chi connectivity index (χ1n) is 7.93. The minimum absolute atomic E-state index is 0.144. The maximum absolute atomic E-state index is 12.3. The maximum atomic E-state index is 12.3. The van der Waals surface area contributed by atoms with Gasteiger partial charge in [-0.3, -0.25) is 9.78 Å². The number of nitrogens with one attached hydrogen (secondary N) is 1. The molecule has 3 heteroatoms. The van der Waals surface area contributed by atoms with Crippen LogP contribution in [-0.2, 0) is 4.79 Å². The fourth-order valence-electron chi connectivity index (χ4n) is 4.27. The largest absolute Gasteiger partial charge is 0.324 e. The molecule has 0 aliphatic heterocycles. The maximum Gasteiger partial charge on any atom is 0.224 e. The van der Waals surface area contributed by atoms with E-state index >= 15 is 0 Å². The SMILES string of the molecule is O=C(C[C@H]1C[C@H]2CC[C@H]1C2)Nc1cccc2cccnc12. The Morgan fingerprint density at radius 1 is 1.19 bits per heavy atom. The first kappa shape index (κ1) is 12.8. The Balaban J connectivity index is 1.48. The predicted molar refractivity (Wildman–Crippen MR) is 83.9 cm³/mol. The summed E-state index contributed by atoms with van der Waals surface area (Å²) in [4.78, 5) is 16.7. The van der Waals surface area contributed by atoms with Crippen LogP contribution in [0.1, 0.15) is 32.1 Å². The van der Waals surface area contributed by atoms with E-state index in [-0.39, 0.29) is 5.91 Å². The molecule has 21 heavy (non-hydrogen) atoms. The lowest BCUT2D eigenvalue weighted by Crippen LogP contribution is -2.20. The van der Waals surface area contributed by atoms with E-state index in [0.717, 1.165) is 28.4 Å². The summed E-state index contributed by atoms with van der Waals surface area (Å²) in [7, 11) is 0. The van der Waals surface area contributed by atoms with E-state index < -0.39 is 0 Å². The van der Waals surface area contributed by atoms with Gasteiger partial charge in [0.2, 0.25) is 5.91 Å². The zero-order valence-corrected chi connectivity index (χ0v) is 12.1. The number of anilines is 1. The summed E-state index contributed by atoms with van der Waals surface area (Å²) in [5, 5.41) is 4.13. The van der Waals surface area contributed by atoms with Gasteiger partial charge in [0.15, 0.2) is 0 Å². The van der Waals surface area contributed by atoms with Gasteiger partial charge in [-0.25, -0.2) is 0 Å². The molecular weight excluding hydrogens is 260 g/mol. The summed E-state index contributed by atoms with van der Waals surface area (Å²) in [5.41, 5.74) is 1.71. The molecule has 3 nitrogen and oxygen atoms in total. The van der Waals surface area contributed by atoms with Crippen molar-refractivity contribution in [3.05, 3.63) is 36.5 Å². The number of pyridine rings is 1. The molecule has 3 atom stereocenters. The van der Waals surface area contributed by atoms with Crippen molar-refractivity contribution in [1.82, 2.24) is 4.98 Å². The van der Waals surface area contributed by atoms with Crippen LogP contribution in [0, 0.1) is 17.8 Å². The van der Waals surface area contributed by atoms with E-state index in [9.17, 15) is 4.79 Å². The Labute approximate surface area is 124 Å². The summed E-state index contributed by atoms with van der Waals surface area (Å²) < 4.78 is 0. The van der Waals surface area contributed by atoms with Crippen molar-refractivity contribution in [2.75, 3.05) is 5.32 Å². The van der Waals surface area contributed by atoms with Crippen LogP contribution in [0.5, 0.6) is 0 Å². The Morgan fingerprint density at radius 2 is 2.10 bits per heavy atom. The third-order valence-electron chi connectivity index (χ3n) is 5.24. The van der Waals surface area contributed by atoms with Crippen LogP contribution in [0.2, 0.25) is 0 Å². The second-order valence-electron chi connectivity index (χ2n) is 6.57. The Kier molecular flexibility index (Phi) is 3.13. The van der Waals surface area contributed by atoms with Gasteiger partial charge in [0, 0.05) is 18.0 Å². The zero-order chi connectivity index (χ0) is 14.2. The zero-order valence-electron chi connectivity index (χ0n) is 12.1. The molecule has 0 radical (unpaired) electrons. The molecule has 2 fully saturated rings. The molecule has 1 aromatic heterocycles. The van der Waals surface area contributed by atoms with E-state index in [1.807, 2.05) is 30.3 Å². The van der Waals surface area contributed by atoms with Gasteiger partial charge >= 0.3 is 0 Å². The molecule has 0 unspecified atom stereocenters. The molecule has 1 N–H and O–H groups in total. The van der Waals surface area contributed by atoms with Crippen molar-refractivity contribution in [2.45, 2.75) is 32.1 Å². The molecule has 2 bridgehead atoms. The molecule has 1 amide bonds. The highest BCUT2D eigenvalue weighted by atomic mass is 16.1. The fourth-order valence-corrected chi connectivity index (χ4v) is 4.27. The van der Waals surface area contributed by atoms with Gasteiger partial charge in [0.1, 0.15) is 0 Å². The third-order valence-corrected chi connectivity index (χ3v) is 5.24. The summed E-state index contributed by atoms with van der Waals surface area (Å²) in [6, 6.07) is 9.87. The van der Waals surface area contributed by atoms with Gasteiger partial charge in [-0.15, -0.1) is 0 Å². The van der Waals surface area contributed by atoms with Crippen LogP contribution in [-0.4, -0.2) is 10.9 Å². The number of nitrogens with zero attached hydrogens (tertiary/aromatic N) is 1. The standard InChI is InChI=1S/C18H20N2O/c21-17(11-15-10-12-6-7-14(15)9-12)20-16-5-1-3-13-4-2-8-19-18(13)16/h1-5,8,12,14-15H,6-7,9-11H2,(H,20,21)/t12-,14-,15+/m0/s1. The van der Waals surface area contributed by atoms with Crippen LogP contribution in [0.25, 0.3) is 10.9 Å². The van der Waals surface area contributed by atoms with Gasteiger partial charge in [-0.1, -0.05) is 24.6 Å². The minimum atomic E-state index is 0.144. The molecule has 0 saturated heterocycles.